The van der Waals surface area contributed by atoms with Crippen LogP contribution in [0, 0.1) is 0 Å². The first-order valence-electron chi connectivity index (χ1n) is 10.3. The fraction of sp³-hybridized carbons (Fsp3) is 0.263. The van der Waals surface area contributed by atoms with Crippen LogP contribution in [0.2, 0.25) is 0 Å². The van der Waals surface area contributed by atoms with E-state index in [1.807, 2.05) is 0 Å². The summed E-state index contributed by atoms with van der Waals surface area (Å²) in [5, 5.41) is 5.20. The maximum absolute atomic E-state index is 12.8. The van der Waals surface area contributed by atoms with E-state index in [2.05, 4.69) is 14.4 Å². The number of carbonyl (C=O) groups excluding carboxylic acids is 3. The van der Waals surface area contributed by atoms with E-state index in [4.69, 9.17) is 20.8 Å². The number of carbonyl (C=O) groups is 3. The van der Waals surface area contributed by atoms with E-state index in [9.17, 15) is 22.8 Å². The Balaban J connectivity index is 1.39. The lowest BCUT2D eigenvalue weighted by molar-refractivity contribution is -0.144. The number of primary amides is 1. The molecule has 4 rings (SSSR count). The maximum Gasteiger partial charge on any atom is 0.339 e. The third-order valence-corrected chi connectivity index (χ3v) is 7.62. The topological polar surface area (TPSA) is 216 Å². The molecule has 6 N–H and O–H groups in total. The molecule has 3 unspecified atom stereocenters. The van der Waals surface area contributed by atoms with Crippen molar-refractivity contribution in [1.29, 1.82) is 0 Å². The van der Waals surface area contributed by atoms with E-state index in [0.29, 0.717) is 21.9 Å². The van der Waals surface area contributed by atoms with Gasteiger partial charge in [-0.25, -0.2) is 19.1 Å². The van der Waals surface area contributed by atoms with Gasteiger partial charge in [0, 0.05) is 22.7 Å². The first-order valence-corrected chi connectivity index (χ1v) is 13.1. The number of β-lactam (4-membered cyclic amide) rings is 1. The van der Waals surface area contributed by atoms with E-state index in [0.717, 1.165) is 0 Å². The standard InChI is InChI=1S/C19H22N8O7S2/c1-33-25-35-10-12(7-15(20)28)27(18(35)21)13-9-26(17(13)29)19(30)24-36(31,32)23-16-8-14(34-22-16)11-5-3-2-4-6-11/h2-6,8,10,13,18H,7,9,21H2,1H3,(H2,20,28)(H,22,23)(H,24,30). The SMILES string of the molecule is CO/N=S1/C=C(CC(N)=O)N(C2CN(C(=O)NS(=O)(=O)Nc3cc(-c4ccccc4)on3)C2=O)C1N. The molecule has 3 heterocycles. The third-order valence-electron chi connectivity index (χ3n) is 5.14. The lowest BCUT2D eigenvalue weighted by atomic mass is 10.1. The summed E-state index contributed by atoms with van der Waals surface area (Å²) in [7, 11) is -4.09. The van der Waals surface area contributed by atoms with E-state index in [-0.39, 0.29) is 18.8 Å². The van der Waals surface area contributed by atoms with Crippen molar-refractivity contribution in [2.24, 2.45) is 16.0 Å². The summed E-state index contributed by atoms with van der Waals surface area (Å²) in [6.07, 6.45) is -0.201. The molecule has 0 spiro atoms. The number of urea groups is 1. The molecule has 1 saturated heterocycles. The highest BCUT2D eigenvalue weighted by Gasteiger charge is 2.49. The average molecular weight is 539 g/mol. The van der Waals surface area contributed by atoms with E-state index in [1.54, 1.807) is 40.5 Å². The number of anilines is 1. The van der Waals surface area contributed by atoms with Crippen LogP contribution in [0.4, 0.5) is 10.6 Å². The average Bonchev–Trinajstić information content (AvgIpc) is 3.38. The lowest BCUT2D eigenvalue weighted by Gasteiger charge is -2.44. The smallest absolute Gasteiger partial charge is 0.339 e. The molecule has 2 aliphatic rings. The van der Waals surface area contributed by atoms with Crippen LogP contribution < -0.4 is 20.9 Å². The largest absolute Gasteiger partial charge is 0.369 e. The Kier molecular flexibility index (Phi) is 7.07. The minimum atomic E-state index is -4.44. The van der Waals surface area contributed by atoms with Crippen LogP contribution in [0.25, 0.3) is 11.3 Å². The summed E-state index contributed by atoms with van der Waals surface area (Å²) in [6.45, 7) is -0.184. The number of nitrogens with zero attached hydrogens (tertiary/aromatic N) is 4. The molecule has 3 atom stereocenters. The van der Waals surface area contributed by atoms with E-state index < -0.39 is 50.3 Å². The number of likely N-dealkylation sites (tertiary alicyclic amines) is 1. The van der Waals surface area contributed by atoms with Crippen molar-refractivity contribution in [1.82, 2.24) is 19.7 Å². The zero-order valence-corrected chi connectivity index (χ0v) is 20.4. The molecule has 192 valence electrons. The summed E-state index contributed by atoms with van der Waals surface area (Å²) in [5.41, 5.74) is 11.7. The summed E-state index contributed by atoms with van der Waals surface area (Å²) < 4.78 is 37.6. The number of benzene rings is 1. The number of rotatable bonds is 8. The van der Waals surface area contributed by atoms with Crippen LogP contribution in [0.15, 0.2) is 56.6 Å². The minimum Gasteiger partial charge on any atom is -0.369 e. The summed E-state index contributed by atoms with van der Waals surface area (Å²) in [5.74, 6) is -1.23. The molecule has 4 amide bonds. The monoisotopic (exact) mass is 538 g/mol. The number of aromatic nitrogens is 1. The molecular weight excluding hydrogens is 516 g/mol. The van der Waals surface area contributed by atoms with Crippen molar-refractivity contribution in [3.05, 3.63) is 47.5 Å². The molecule has 2 aromatic rings. The fourth-order valence-corrected chi connectivity index (χ4v) is 5.79. The first-order chi connectivity index (χ1) is 17.1. The zero-order valence-electron chi connectivity index (χ0n) is 18.7. The van der Waals surface area contributed by atoms with Crippen molar-refractivity contribution in [2.45, 2.75) is 18.0 Å². The molecule has 0 bridgehead atoms. The fourth-order valence-electron chi connectivity index (χ4n) is 3.58. The van der Waals surface area contributed by atoms with Crippen molar-refractivity contribution < 1.29 is 32.2 Å². The highest BCUT2D eigenvalue weighted by Crippen LogP contribution is 2.31. The number of nitrogens with one attached hydrogen (secondary N) is 2. The second-order valence-electron chi connectivity index (χ2n) is 7.57. The zero-order chi connectivity index (χ0) is 26.0. The van der Waals surface area contributed by atoms with Crippen molar-refractivity contribution in [3.63, 3.8) is 0 Å². The number of imide groups is 1. The minimum absolute atomic E-state index is 0.167. The van der Waals surface area contributed by atoms with Gasteiger partial charge in [-0.05, 0) is 10.7 Å². The van der Waals surface area contributed by atoms with Gasteiger partial charge < -0.3 is 20.9 Å². The van der Waals surface area contributed by atoms with Crippen LogP contribution in [0.3, 0.4) is 0 Å². The highest BCUT2D eigenvalue weighted by molar-refractivity contribution is 7.91. The van der Waals surface area contributed by atoms with Gasteiger partial charge >= 0.3 is 16.2 Å². The maximum atomic E-state index is 12.8. The van der Waals surface area contributed by atoms with Gasteiger partial charge in [-0.1, -0.05) is 35.5 Å². The van der Waals surface area contributed by atoms with Crippen molar-refractivity contribution in [2.75, 3.05) is 18.4 Å². The van der Waals surface area contributed by atoms with Gasteiger partial charge in [0.2, 0.25) is 5.91 Å². The molecule has 1 fully saturated rings. The van der Waals surface area contributed by atoms with E-state index >= 15 is 0 Å². The third kappa shape index (κ3) is 5.23. The Morgan fingerprint density at radius 3 is 2.69 bits per heavy atom. The number of hydrogen-bond acceptors (Lipinski definition) is 11. The van der Waals surface area contributed by atoms with Gasteiger partial charge in [0.1, 0.15) is 11.5 Å². The lowest BCUT2D eigenvalue weighted by Crippen LogP contribution is -2.69. The molecular formula is C19H22N8O7S2. The predicted molar refractivity (Wildman–Crippen MR) is 127 cm³/mol. The van der Waals surface area contributed by atoms with Gasteiger partial charge in [0.25, 0.3) is 5.91 Å². The van der Waals surface area contributed by atoms with Crippen LogP contribution in [-0.2, 0) is 35.3 Å². The number of nitrogens with two attached hydrogens (primary N) is 2. The molecule has 1 aromatic carbocycles. The van der Waals surface area contributed by atoms with Crippen LogP contribution in [-0.4, -0.2) is 66.4 Å². The predicted octanol–water partition coefficient (Wildman–Crippen LogP) is -0.443. The normalized spacial score (nSPS) is 21.8. The Bertz CT molecular complexity index is 1360. The highest BCUT2D eigenvalue weighted by atomic mass is 32.2. The number of amides is 4. The van der Waals surface area contributed by atoms with E-state index in [1.165, 1.54) is 18.1 Å². The second kappa shape index (κ2) is 10.1. The first kappa shape index (κ1) is 25.3. The van der Waals surface area contributed by atoms with Crippen molar-refractivity contribution >= 4 is 44.6 Å². The Morgan fingerprint density at radius 1 is 1.33 bits per heavy atom. The van der Waals surface area contributed by atoms with Crippen LogP contribution in [0.1, 0.15) is 6.42 Å². The second-order valence-corrected chi connectivity index (χ2v) is 10.6. The van der Waals surface area contributed by atoms with Gasteiger partial charge in [-0.15, -0.1) is 4.53 Å². The van der Waals surface area contributed by atoms with Crippen LogP contribution >= 0.6 is 0 Å². The molecule has 15 nitrogen and oxygen atoms in total. The molecule has 0 saturated carbocycles. The van der Waals surface area contributed by atoms with Crippen molar-refractivity contribution in [3.8, 4) is 11.3 Å². The summed E-state index contributed by atoms with van der Waals surface area (Å²) in [4.78, 5) is 43.6. The summed E-state index contributed by atoms with van der Waals surface area (Å²) >= 11 is 0. The van der Waals surface area contributed by atoms with Gasteiger partial charge in [0.15, 0.2) is 11.6 Å². The molecule has 1 aromatic heterocycles. The molecule has 0 aliphatic carbocycles. The Morgan fingerprint density at radius 2 is 2.06 bits per heavy atom. The molecule has 0 radical (unpaired) electrons. The van der Waals surface area contributed by atoms with Gasteiger partial charge in [-0.2, -0.15) is 8.42 Å². The molecule has 2 aliphatic heterocycles. The number of hydrogen-bond donors (Lipinski definition) is 4. The quantitative estimate of drug-likeness (QED) is 0.251. The van der Waals surface area contributed by atoms with Gasteiger partial charge in [0.05, 0.1) is 20.1 Å². The van der Waals surface area contributed by atoms with Gasteiger partial charge in [-0.3, -0.25) is 14.5 Å². The Labute approximate surface area is 207 Å². The summed E-state index contributed by atoms with van der Waals surface area (Å²) in [6, 6.07) is 8.09. The molecule has 17 heteroatoms. The molecule has 36 heavy (non-hydrogen) atoms. The Hall–Kier alpha value is -3.80. The van der Waals surface area contributed by atoms with Crippen LogP contribution in [0.5, 0.6) is 0 Å².